The fourth-order valence-electron chi connectivity index (χ4n) is 3.81. The van der Waals surface area contributed by atoms with E-state index in [-0.39, 0.29) is 6.10 Å². The molecule has 4 rings (SSSR count). The van der Waals surface area contributed by atoms with E-state index >= 15 is 0 Å². The SMILES string of the molecule is CSc1ncc(CN[C@H]2CCNc3c(C)cccc32)c(NC2CC(O)C2)n1. The first-order chi connectivity index (χ1) is 13.1. The zero-order valence-electron chi connectivity index (χ0n) is 15.8. The molecule has 27 heavy (non-hydrogen) atoms. The number of nitrogens with one attached hydrogen (secondary N) is 3. The predicted octanol–water partition coefficient (Wildman–Crippen LogP) is 3.09. The Morgan fingerprint density at radius 3 is 2.96 bits per heavy atom. The fourth-order valence-corrected chi connectivity index (χ4v) is 4.15. The van der Waals surface area contributed by atoms with Crippen molar-refractivity contribution in [2.75, 3.05) is 23.4 Å². The van der Waals surface area contributed by atoms with Gasteiger partial charge in [0.25, 0.3) is 0 Å². The van der Waals surface area contributed by atoms with Crippen LogP contribution in [0.1, 0.15) is 42.0 Å². The molecule has 4 N–H and O–H groups in total. The molecule has 1 aromatic heterocycles. The van der Waals surface area contributed by atoms with Crippen LogP contribution in [0.3, 0.4) is 0 Å². The maximum absolute atomic E-state index is 9.56. The van der Waals surface area contributed by atoms with Crippen LogP contribution in [0.25, 0.3) is 0 Å². The summed E-state index contributed by atoms with van der Waals surface area (Å²) in [6.07, 6.45) is 6.34. The molecule has 1 saturated carbocycles. The lowest BCUT2D eigenvalue weighted by Gasteiger charge is -2.33. The molecule has 6 nitrogen and oxygen atoms in total. The third-order valence-electron chi connectivity index (χ3n) is 5.43. The molecule has 1 fully saturated rings. The monoisotopic (exact) mass is 385 g/mol. The number of benzene rings is 1. The average Bonchev–Trinajstić information content (AvgIpc) is 2.66. The highest BCUT2D eigenvalue weighted by molar-refractivity contribution is 7.98. The first-order valence-electron chi connectivity index (χ1n) is 9.55. The topological polar surface area (TPSA) is 82.1 Å². The van der Waals surface area contributed by atoms with Gasteiger partial charge in [-0.15, -0.1) is 0 Å². The van der Waals surface area contributed by atoms with Gasteiger partial charge in [0.05, 0.1) is 6.10 Å². The Bertz CT molecular complexity index is 809. The molecule has 0 saturated heterocycles. The van der Waals surface area contributed by atoms with E-state index in [0.29, 0.717) is 18.6 Å². The number of fused-ring (bicyclic) bond motifs is 1. The van der Waals surface area contributed by atoms with Crippen molar-refractivity contribution in [1.29, 1.82) is 0 Å². The van der Waals surface area contributed by atoms with Gasteiger partial charge in [0.15, 0.2) is 5.16 Å². The molecular weight excluding hydrogens is 358 g/mol. The zero-order valence-corrected chi connectivity index (χ0v) is 16.6. The Balaban J connectivity index is 1.49. The molecule has 0 radical (unpaired) electrons. The number of aromatic nitrogens is 2. The normalized spacial score (nSPS) is 23.9. The first-order valence-corrected chi connectivity index (χ1v) is 10.8. The molecule has 0 amide bonds. The Labute approximate surface area is 164 Å². The van der Waals surface area contributed by atoms with Gasteiger partial charge >= 0.3 is 0 Å². The van der Waals surface area contributed by atoms with Gasteiger partial charge in [0, 0.05) is 42.6 Å². The van der Waals surface area contributed by atoms with E-state index in [2.05, 4.69) is 51.0 Å². The highest BCUT2D eigenvalue weighted by Crippen LogP contribution is 2.33. The summed E-state index contributed by atoms with van der Waals surface area (Å²) in [6.45, 7) is 3.84. The summed E-state index contributed by atoms with van der Waals surface area (Å²) >= 11 is 1.54. The Hall–Kier alpha value is -1.83. The largest absolute Gasteiger partial charge is 0.393 e. The number of aliphatic hydroxyl groups is 1. The van der Waals surface area contributed by atoms with E-state index in [9.17, 15) is 5.11 Å². The maximum Gasteiger partial charge on any atom is 0.189 e. The molecule has 7 heteroatoms. The lowest BCUT2D eigenvalue weighted by Crippen LogP contribution is -2.39. The number of rotatable bonds is 6. The van der Waals surface area contributed by atoms with E-state index in [1.54, 1.807) is 11.8 Å². The summed E-state index contributed by atoms with van der Waals surface area (Å²) < 4.78 is 0. The summed E-state index contributed by atoms with van der Waals surface area (Å²) in [5, 5.41) is 21.0. The van der Waals surface area contributed by atoms with Crippen molar-refractivity contribution in [2.45, 2.75) is 56.1 Å². The quantitative estimate of drug-likeness (QED) is 0.449. The van der Waals surface area contributed by atoms with E-state index in [1.165, 1.54) is 16.8 Å². The van der Waals surface area contributed by atoms with E-state index in [1.807, 2.05) is 12.5 Å². The number of para-hydroxylation sites is 1. The number of thioether (sulfide) groups is 1. The van der Waals surface area contributed by atoms with Crippen molar-refractivity contribution >= 4 is 23.3 Å². The fraction of sp³-hybridized carbons (Fsp3) is 0.500. The Morgan fingerprint density at radius 1 is 1.33 bits per heavy atom. The van der Waals surface area contributed by atoms with Crippen molar-refractivity contribution in [3.63, 3.8) is 0 Å². The molecule has 1 aliphatic heterocycles. The third-order valence-corrected chi connectivity index (χ3v) is 6.00. The second kappa shape index (κ2) is 8.04. The van der Waals surface area contributed by atoms with Gasteiger partial charge in [0.2, 0.25) is 0 Å². The molecule has 144 valence electrons. The number of hydrogen-bond acceptors (Lipinski definition) is 7. The van der Waals surface area contributed by atoms with Gasteiger partial charge in [-0.2, -0.15) is 0 Å². The second-order valence-corrected chi connectivity index (χ2v) is 8.16. The molecule has 1 aliphatic carbocycles. The molecular formula is C20H27N5OS. The zero-order chi connectivity index (χ0) is 18.8. The highest BCUT2D eigenvalue weighted by Gasteiger charge is 2.28. The molecule has 0 unspecified atom stereocenters. The van der Waals surface area contributed by atoms with Crippen molar-refractivity contribution in [2.24, 2.45) is 0 Å². The molecule has 2 aromatic rings. The number of nitrogens with zero attached hydrogens (tertiary/aromatic N) is 2. The van der Waals surface area contributed by atoms with Crippen LogP contribution in [0.2, 0.25) is 0 Å². The molecule has 0 spiro atoms. The van der Waals surface area contributed by atoms with Gasteiger partial charge in [-0.25, -0.2) is 9.97 Å². The van der Waals surface area contributed by atoms with Crippen LogP contribution in [-0.4, -0.2) is 40.0 Å². The minimum Gasteiger partial charge on any atom is -0.393 e. The number of anilines is 2. The lowest BCUT2D eigenvalue weighted by molar-refractivity contribution is 0.0835. The lowest BCUT2D eigenvalue weighted by atomic mass is 9.89. The van der Waals surface area contributed by atoms with E-state index < -0.39 is 0 Å². The Morgan fingerprint density at radius 2 is 2.19 bits per heavy atom. The number of aliphatic hydroxyl groups excluding tert-OH is 1. The summed E-state index contributed by atoms with van der Waals surface area (Å²) in [6, 6.07) is 7.10. The van der Waals surface area contributed by atoms with Crippen LogP contribution < -0.4 is 16.0 Å². The smallest absolute Gasteiger partial charge is 0.189 e. The summed E-state index contributed by atoms with van der Waals surface area (Å²) in [5.41, 5.74) is 4.95. The third kappa shape index (κ3) is 4.05. The molecule has 1 atom stereocenters. The second-order valence-electron chi connectivity index (χ2n) is 7.39. The molecule has 2 aliphatic rings. The van der Waals surface area contributed by atoms with Crippen LogP contribution in [0.5, 0.6) is 0 Å². The first kappa shape index (κ1) is 18.5. The van der Waals surface area contributed by atoms with E-state index in [0.717, 1.165) is 42.3 Å². The highest BCUT2D eigenvalue weighted by atomic mass is 32.2. The minimum absolute atomic E-state index is 0.180. The van der Waals surface area contributed by atoms with Crippen molar-refractivity contribution < 1.29 is 5.11 Å². The van der Waals surface area contributed by atoms with Crippen LogP contribution in [0.4, 0.5) is 11.5 Å². The van der Waals surface area contributed by atoms with Gasteiger partial charge < -0.3 is 21.1 Å². The number of aryl methyl sites for hydroxylation is 1. The minimum atomic E-state index is -0.180. The van der Waals surface area contributed by atoms with Crippen molar-refractivity contribution in [3.8, 4) is 0 Å². The van der Waals surface area contributed by atoms with Gasteiger partial charge in [-0.05, 0) is 43.6 Å². The predicted molar refractivity (Wildman–Crippen MR) is 110 cm³/mol. The van der Waals surface area contributed by atoms with Gasteiger partial charge in [-0.1, -0.05) is 30.0 Å². The summed E-state index contributed by atoms with van der Waals surface area (Å²) in [7, 11) is 0. The van der Waals surface area contributed by atoms with Crippen molar-refractivity contribution in [1.82, 2.24) is 15.3 Å². The van der Waals surface area contributed by atoms with Gasteiger partial charge in [-0.3, -0.25) is 0 Å². The van der Waals surface area contributed by atoms with Gasteiger partial charge in [0.1, 0.15) is 5.82 Å². The molecule has 1 aromatic carbocycles. The average molecular weight is 386 g/mol. The van der Waals surface area contributed by atoms with E-state index in [4.69, 9.17) is 0 Å². The van der Waals surface area contributed by atoms with Crippen LogP contribution in [0, 0.1) is 6.92 Å². The molecule has 2 heterocycles. The standard InChI is InChI=1S/C20H27N5OS/c1-12-4-3-5-16-17(6-7-21-18(12)16)22-10-13-11-23-20(27-2)25-19(13)24-14-8-15(26)9-14/h3-5,11,14-15,17,21-22,26H,6-10H2,1-2H3,(H,23,24,25)/t14?,15?,17-/m0/s1. The summed E-state index contributed by atoms with van der Waals surface area (Å²) in [4.78, 5) is 9.12. The van der Waals surface area contributed by atoms with Crippen LogP contribution >= 0.6 is 11.8 Å². The number of hydrogen-bond donors (Lipinski definition) is 4. The molecule has 0 bridgehead atoms. The van der Waals surface area contributed by atoms with Crippen LogP contribution in [0.15, 0.2) is 29.6 Å². The Kier molecular flexibility index (Phi) is 5.52. The summed E-state index contributed by atoms with van der Waals surface area (Å²) in [5.74, 6) is 0.886. The maximum atomic E-state index is 9.56. The van der Waals surface area contributed by atoms with Crippen molar-refractivity contribution in [3.05, 3.63) is 41.1 Å². The van der Waals surface area contributed by atoms with Crippen LogP contribution in [-0.2, 0) is 6.54 Å².